The Morgan fingerprint density at radius 1 is 1.32 bits per heavy atom. The highest BCUT2D eigenvalue weighted by Crippen LogP contribution is 2.13. The van der Waals surface area contributed by atoms with Crippen LogP contribution in [0.4, 0.5) is 13.2 Å². The second kappa shape index (κ2) is 12.8. The van der Waals surface area contributed by atoms with E-state index < -0.39 is 24.2 Å². The predicted molar refractivity (Wildman–Crippen MR) is 97.0 cm³/mol. The quantitative estimate of drug-likeness (QED) is 0.363. The Morgan fingerprint density at radius 3 is 2.36 bits per heavy atom. The molecule has 0 heterocycles. The van der Waals surface area contributed by atoms with Gasteiger partial charge in [0.1, 0.15) is 6.04 Å². The molecule has 3 N–H and O–H groups in total. The molecule has 0 aliphatic rings. The molecular weight excluding hydrogens is 474 g/mol. The molecule has 0 fully saturated rings. The molecule has 1 atom stereocenters. The number of thioether (sulfide) groups is 1. The van der Waals surface area contributed by atoms with Crippen LogP contribution in [-0.2, 0) is 20.1 Å². The lowest BCUT2D eigenvalue weighted by Gasteiger charge is -2.09. The molecule has 0 amide bonds. The summed E-state index contributed by atoms with van der Waals surface area (Å²) < 4.78 is 39.3. The number of alkyl halides is 3. The van der Waals surface area contributed by atoms with Crippen molar-refractivity contribution < 1.29 is 32.6 Å². The van der Waals surface area contributed by atoms with E-state index in [1.807, 2.05) is 52.9 Å². The Labute approximate surface area is 160 Å². The summed E-state index contributed by atoms with van der Waals surface area (Å²) in [4.78, 5) is 20.3. The van der Waals surface area contributed by atoms with Crippen LogP contribution in [0.3, 0.4) is 0 Å². The van der Waals surface area contributed by atoms with Crippen LogP contribution in [0.2, 0.25) is 0 Å². The first kappa shape index (κ1) is 23.5. The fourth-order valence-corrected chi connectivity index (χ4v) is 2.28. The van der Waals surface area contributed by atoms with Crippen molar-refractivity contribution in [2.24, 2.45) is 5.73 Å². The zero-order chi connectivity index (χ0) is 19.3. The van der Waals surface area contributed by atoms with Gasteiger partial charge in [0.25, 0.3) is 0 Å². The molecule has 0 aliphatic heterocycles. The molecule has 138 valence electrons. The van der Waals surface area contributed by atoms with Gasteiger partial charge in [0, 0.05) is 34.1 Å². The highest BCUT2D eigenvalue weighted by atomic mass is 127. The van der Waals surface area contributed by atoms with Crippen molar-refractivity contribution in [3.8, 4) is 9.85 Å². The van der Waals surface area contributed by atoms with Gasteiger partial charge in [0.15, 0.2) is 6.61 Å². The number of rotatable bonds is 6. The molecule has 25 heavy (non-hydrogen) atoms. The predicted octanol–water partition coefficient (Wildman–Crippen LogP) is 2.82. The summed E-state index contributed by atoms with van der Waals surface area (Å²) in [5, 5.41) is 7.12. The summed E-state index contributed by atoms with van der Waals surface area (Å²) in [6.45, 7) is 0.110. The molecule has 1 aromatic rings. The van der Waals surface area contributed by atoms with E-state index >= 15 is 0 Å². The molecule has 1 rings (SSSR count). The standard InChI is InChI=1S/C13H14INO2S.C2HF3O2/c14-7-4-8-17-13(16)12(15)10-18-9-11-5-2-1-3-6-11;3-2(4,5)1(6)7/h1-3,5-6,12H,8-10,15H2;(H,6,7)/t12-;/m0./s1. The van der Waals surface area contributed by atoms with E-state index in [1.54, 1.807) is 11.8 Å². The number of hydrogen-bond acceptors (Lipinski definition) is 5. The fraction of sp³-hybridized carbons (Fsp3) is 0.333. The lowest BCUT2D eigenvalue weighted by molar-refractivity contribution is -0.192. The maximum Gasteiger partial charge on any atom is 0.490 e. The van der Waals surface area contributed by atoms with E-state index in [1.165, 1.54) is 5.56 Å². The van der Waals surface area contributed by atoms with Crippen molar-refractivity contribution in [1.82, 2.24) is 0 Å². The number of hydrogen-bond donors (Lipinski definition) is 2. The molecule has 0 radical (unpaired) electrons. The second-order valence-electron chi connectivity index (χ2n) is 4.29. The van der Waals surface area contributed by atoms with Crippen LogP contribution in [-0.4, -0.2) is 41.6 Å². The Hall–Kier alpha value is -1.45. The molecule has 0 saturated heterocycles. The number of benzene rings is 1. The van der Waals surface area contributed by atoms with E-state index in [2.05, 4.69) is 9.85 Å². The Bertz CT molecular complexity index is 602. The van der Waals surface area contributed by atoms with Crippen LogP contribution < -0.4 is 5.73 Å². The zero-order valence-electron chi connectivity index (χ0n) is 12.8. The van der Waals surface area contributed by atoms with E-state index in [4.69, 9.17) is 20.4 Å². The van der Waals surface area contributed by atoms with Gasteiger partial charge in [-0.1, -0.05) is 36.3 Å². The van der Waals surface area contributed by atoms with Crippen LogP contribution >= 0.6 is 34.4 Å². The molecule has 0 spiro atoms. The number of halogens is 4. The Morgan fingerprint density at radius 2 is 1.88 bits per heavy atom. The van der Waals surface area contributed by atoms with Crippen molar-refractivity contribution in [3.63, 3.8) is 0 Å². The highest BCUT2D eigenvalue weighted by molar-refractivity contribution is 14.1. The van der Waals surface area contributed by atoms with Crippen LogP contribution in [0.5, 0.6) is 0 Å². The van der Waals surface area contributed by atoms with E-state index in [0.29, 0.717) is 5.75 Å². The minimum Gasteiger partial charge on any atom is -0.475 e. The fourth-order valence-electron chi connectivity index (χ4n) is 1.19. The van der Waals surface area contributed by atoms with Crippen molar-refractivity contribution in [1.29, 1.82) is 0 Å². The van der Waals surface area contributed by atoms with Crippen LogP contribution in [0.25, 0.3) is 0 Å². The normalized spacial score (nSPS) is 11.2. The number of ether oxygens (including phenoxy) is 1. The van der Waals surface area contributed by atoms with Crippen molar-refractivity contribution >= 4 is 46.3 Å². The maximum absolute atomic E-state index is 11.4. The summed E-state index contributed by atoms with van der Waals surface area (Å²) in [5.74, 6) is 0.886. The number of carbonyl (C=O) groups excluding carboxylic acids is 1. The Balaban J connectivity index is 0.000000697. The molecular formula is C15H15F3INO4S. The van der Waals surface area contributed by atoms with Gasteiger partial charge in [-0.2, -0.15) is 24.9 Å². The Kier molecular flexibility index (Phi) is 12.1. The monoisotopic (exact) mass is 489 g/mol. The topological polar surface area (TPSA) is 89.6 Å². The molecule has 5 nitrogen and oxygen atoms in total. The summed E-state index contributed by atoms with van der Waals surface area (Å²) in [6, 6.07) is 9.47. The van der Waals surface area contributed by atoms with Crippen molar-refractivity contribution in [3.05, 3.63) is 35.9 Å². The average Bonchev–Trinajstić information content (AvgIpc) is 2.55. The van der Waals surface area contributed by atoms with Gasteiger partial charge in [0.05, 0.1) is 0 Å². The first-order valence-electron chi connectivity index (χ1n) is 6.61. The minimum atomic E-state index is -5.08. The minimum absolute atomic E-state index is 0.110. The van der Waals surface area contributed by atoms with E-state index in [9.17, 15) is 18.0 Å². The molecule has 0 saturated carbocycles. The van der Waals surface area contributed by atoms with Crippen LogP contribution in [0.15, 0.2) is 30.3 Å². The maximum atomic E-state index is 11.4. The van der Waals surface area contributed by atoms with E-state index in [0.717, 1.165) is 5.75 Å². The third-order valence-corrected chi connectivity index (χ3v) is 3.82. The van der Waals surface area contributed by atoms with Gasteiger partial charge in [-0.15, -0.1) is 0 Å². The lowest BCUT2D eigenvalue weighted by Crippen LogP contribution is -2.34. The molecule has 1 aromatic carbocycles. The van der Waals surface area contributed by atoms with E-state index in [-0.39, 0.29) is 6.61 Å². The largest absolute Gasteiger partial charge is 0.490 e. The average molecular weight is 489 g/mol. The molecule has 0 aliphatic carbocycles. The highest BCUT2D eigenvalue weighted by Gasteiger charge is 2.38. The summed E-state index contributed by atoms with van der Waals surface area (Å²) in [5.41, 5.74) is 6.94. The first-order valence-corrected chi connectivity index (χ1v) is 8.84. The van der Waals surface area contributed by atoms with Crippen LogP contribution in [0.1, 0.15) is 5.56 Å². The molecule has 10 heteroatoms. The van der Waals surface area contributed by atoms with Gasteiger partial charge in [-0.05, 0) is 9.49 Å². The van der Waals surface area contributed by atoms with Gasteiger partial charge in [-0.3, -0.25) is 4.79 Å². The second-order valence-corrected chi connectivity index (χ2v) is 5.86. The van der Waals surface area contributed by atoms with Crippen molar-refractivity contribution in [2.75, 3.05) is 12.4 Å². The lowest BCUT2D eigenvalue weighted by atomic mass is 10.2. The number of carbonyl (C=O) groups is 2. The number of esters is 1. The van der Waals surface area contributed by atoms with Gasteiger partial charge < -0.3 is 15.6 Å². The third-order valence-electron chi connectivity index (χ3n) is 2.31. The summed E-state index contributed by atoms with van der Waals surface area (Å²) in [7, 11) is 0. The summed E-state index contributed by atoms with van der Waals surface area (Å²) >= 11 is 3.51. The van der Waals surface area contributed by atoms with Gasteiger partial charge >= 0.3 is 18.1 Å². The van der Waals surface area contributed by atoms with Crippen LogP contribution in [0, 0.1) is 9.85 Å². The molecule has 0 bridgehead atoms. The van der Waals surface area contributed by atoms with Gasteiger partial charge in [0.2, 0.25) is 0 Å². The smallest absolute Gasteiger partial charge is 0.475 e. The number of aliphatic carboxylic acids is 1. The number of nitrogens with two attached hydrogens (primary N) is 1. The zero-order valence-corrected chi connectivity index (χ0v) is 15.7. The van der Waals surface area contributed by atoms with Gasteiger partial charge in [-0.25, -0.2) is 4.79 Å². The third kappa shape index (κ3) is 12.5. The molecule has 0 aromatic heterocycles. The number of carboxylic acids is 1. The SMILES string of the molecule is N[C@@H](CSCc1ccccc1)C(=O)OCC#CI.O=C(O)C(F)(F)F. The first-order chi connectivity index (χ1) is 11.7. The molecule has 0 unspecified atom stereocenters. The number of carboxylic acid groups (broad SMARTS) is 1. The van der Waals surface area contributed by atoms with Crippen molar-refractivity contribution in [2.45, 2.75) is 18.0 Å². The summed E-state index contributed by atoms with van der Waals surface area (Å²) in [6.07, 6.45) is -5.08.